The molecule has 0 saturated carbocycles. The molecule has 3 heterocycles. The molecule has 1 aliphatic rings. The molecule has 0 atom stereocenters. The van der Waals surface area contributed by atoms with E-state index in [1.54, 1.807) is 12.1 Å². The summed E-state index contributed by atoms with van der Waals surface area (Å²) in [5.41, 5.74) is 0. The lowest BCUT2D eigenvalue weighted by molar-refractivity contribution is -0.132. The highest BCUT2D eigenvalue weighted by molar-refractivity contribution is 8.25. The van der Waals surface area contributed by atoms with Crippen LogP contribution in [-0.4, -0.2) is 32.5 Å². The SMILES string of the molecule is CC(=O)Oc1c(N2CCCS2(O)O)oc(-c2cccs2)c1O. The van der Waals surface area contributed by atoms with E-state index in [1.807, 2.05) is 5.38 Å². The van der Waals surface area contributed by atoms with Crippen molar-refractivity contribution in [3.8, 4) is 22.1 Å². The Hall–Kier alpha value is -1.68. The van der Waals surface area contributed by atoms with Crippen molar-refractivity contribution in [2.24, 2.45) is 0 Å². The smallest absolute Gasteiger partial charge is 0.308 e. The van der Waals surface area contributed by atoms with Crippen LogP contribution >= 0.6 is 22.1 Å². The number of carbonyl (C=O) groups is 1. The van der Waals surface area contributed by atoms with Gasteiger partial charge in [0.15, 0.2) is 5.76 Å². The van der Waals surface area contributed by atoms with Crippen molar-refractivity contribution < 1.29 is 28.2 Å². The van der Waals surface area contributed by atoms with Crippen LogP contribution < -0.4 is 9.04 Å². The zero-order chi connectivity index (χ0) is 15.9. The zero-order valence-corrected chi connectivity index (χ0v) is 13.3. The van der Waals surface area contributed by atoms with Gasteiger partial charge in [-0.2, -0.15) is 0 Å². The molecule has 3 N–H and O–H groups in total. The summed E-state index contributed by atoms with van der Waals surface area (Å²) in [6.07, 6.45) is 0.567. The first-order chi connectivity index (χ1) is 10.4. The van der Waals surface area contributed by atoms with Crippen LogP contribution in [0.4, 0.5) is 5.88 Å². The van der Waals surface area contributed by atoms with Crippen LogP contribution in [0.2, 0.25) is 0 Å². The van der Waals surface area contributed by atoms with Gasteiger partial charge in [-0.05, 0) is 17.9 Å². The van der Waals surface area contributed by atoms with Gasteiger partial charge in [0.2, 0.25) is 11.5 Å². The number of furan rings is 1. The average molecular weight is 345 g/mol. The monoisotopic (exact) mass is 345 g/mol. The maximum Gasteiger partial charge on any atom is 0.308 e. The second-order valence-electron chi connectivity index (χ2n) is 4.78. The van der Waals surface area contributed by atoms with Crippen molar-refractivity contribution in [3.05, 3.63) is 17.5 Å². The van der Waals surface area contributed by atoms with Crippen LogP contribution in [0.1, 0.15) is 13.3 Å². The molecule has 7 nitrogen and oxygen atoms in total. The molecule has 0 spiro atoms. The quantitative estimate of drug-likeness (QED) is 0.731. The molecule has 0 bridgehead atoms. The molecule has 0 amide bonds. The summed E-state index contributed by atoms with van der Waals surface area (Å²) in [6, 6.07) is 3.53. The topological polar surface area (TPSA) is 103 Å². The number of esters is 1. The Kier molecular flexibility index (Phi) is 3.81. The fourth-order valence-electron chi connectivity index (χ4n) is 2.26. The number of carbonyl (C=O) groups excluding carboxylic acids is 1. The molecule has 0 aliphatic carbocycles. The molecule has 0 unspecified atom stereocenters. The maximum atomic E-state index is 11.3. The Bertz CT molecular complexity index is 694. The molecule has 22 heavy (non-hydrogen) atoms. The van der Waals surface area contributed by atoms with Crippen molar-refractivity contribution in [3.63, 3.8) is 0 Å². The molecule has 1 saturated heterocycles. The van der Waals surface area contributed by atoms with E-state index in [4.69, 9.17) is 9.15 Å². The number of aromatic hydroxyl groups is 1. The minimum Gasteiger partial charge on any atom is -0.501 e. The Labute approximate surface area is 132 Å². The molecule has 120 valence electrons. The Morgan fingerprint density at radius 2 is 2.27 bits per heavy atom. The second kappa shape index (κ2) is 5.51. The predicted octanol–water partition coefficient (Wildman–Crippen LogP) is 3.51. The summed E-state index contributed by atoms with van der Waals surface area (Å²) in [5.74, 6) is -0.822. The summed E-state index contributed by atoms with van der Waals surface area (Å²) in [4.78, 5) is 11.9. The standard InChI is InChI=1S/C13H15NO6S2/c1-8(15)19-12-10(16)11(9-4-2-6-21-9)20-13(12)14-5-3-7-22(14,17)18/h2,4,6,16-18H,3,5,7H2,1H3. The Balaban J connectivity index is 2.12. The second-order valence-corrected chi connectivity index (χ2v) is 7.84. The molecule has 2 aromatic rings. The highest BCUT2D eigenvalue weighted by Crippen LogP contribution is 2.58. The fourth-order valence-corrected chi connectivity index (χ4v) is 4.51. The van der Waals surface area contributed by atoms with Crippen molar-refractivity contribution in [2.45, 2.75) is 13.3 Å². The van der Waals surface area contributed by atoms with Gasteiger partial charge in [-0.15, -0.1) is 22.1 Å². The summed E-state index contributed by atoms with van der Waals surface area (Å²) >= 11 is 1.34. The van der Waals surface area contributed by atoms with Crippen LogP contribution in [0.15, 0.2) is 21.9 Å². The van der Waals surface area contributed by atoms with Crippen LogP contribution in [0, 0.1) is 0 Å². The largest absolute Gasteiger partial charge is 0.501 e. The van der Waals surface area contributed by atoms with E-state index in [0.29, 0.717) is 17.8 Å². The van der Waals surface area contributed by atoms with Gasteiger partial charge in [0.05, 0.1) is 10.6 Å². The summed E-state index contributed by atoms with van der Waals surface area (Å²) in [5, 5.41) is 12.1. The van der Waals surface area contributed by atoms with Crippen molar-refractivity contribution in [2.75, 3.05) is 16.6 Å². The molecule has 9 heteroatoms. The van der Waals surface area contributed by atoms with E-state index in [0.717, 1.165) is 0 Å². The summed E-state index contributed by atoms with van der Waals surface area (Å²) in [7, 11) is -3.03. The normalized spacial score (nSPS) is 18.4. The Morgan fingerprint density at radius 1 is 1.50 bits per heavy atom. The van der Waals surface area contributed by atoms with Gasteiger partial charge in [-0.1, -0.05) is 6.07 Å². The van der Waals surface area contributed by atoms with Gasteiger partial charge in [0.25, 0.3) is 5.88 Å². The van der Waals surface area contributed by atoms with Gasteiger partial charge in [0.1, 0.15) is 0 Å². The number of hydrogen-bond acceptors (Lipinski definition) is 8. The number of anilines is 1. The lowest BCUT2D eigenvalue weighted by atomic mass is 10.3. The first-order valence-electron chi connectivity index (χ1n) is 6.52. The van der Waals surface area contributed by atoms with Gasteiger partial charge in [-0.25, -0.2) is 4.31 Å². The average Bonchev–Trinajstić information content (AvgIpc) is 3.11. The highest BCUT2D eigenvalue weighted by Gasteiger charge is 2.37. The van der Waals surface area contributed by atoms with Gasteiger partial charge >= 0.3 is 5.97 Å². The van der Waals surface area contributed by atoms with E-state index in [1.165, 1.54) is 22.6 Å². The van der Waals surface area contributed by atoms with E-state index >= 15 is 0 Å². The number of ether oxygens (including phenoxy) is 1. The Morgan fingerprint density at radius 3 is 2.82 bits per heavy atom. The van der Waals surface area contributed by atoms with Gasteiger partial charge in [0, 0.05) is 13.5 Å². The lowest BCUT2D eigenvalue weighted by Crippen LogP contribution is -2.22. The van der Waals surface area contributed by atoms with Gasteiger partial charge < -0.3 is 14.3 Å². The molecule has 1 aliphatic heterocycles. The van der Waals surface area contributed by atoms with Crippen LogP contribution in [0.25, 0.3) is 10.6 Å². The molecular formula is C13H15NO6S2. The van der Waals surface area contributed by atoms with Gasteiger partial charge in [-0.3, -0.25) is 13.9 Å². The zero-order valence-electron chi connectivity index (χ0n) is 11.7. The summed E-state index contributed by atoms with van der Waals surface area (Å²) < 4.78 is 32.1. The third kappa shape index (κ3) is 2.56. The number of rotatable bonds is 3. The van der Waals surface area contributed by atoms with E-state index < -0.39 is 16.7 Å². The van der Waals surface area contributed by atoms with Crippen LogP contribution in [0.5, 0.6) is 11.5 Å². The molecule has 1 fully saturated rings. The van der Waals surface area contributed by atoms with Crippen LogP contribution in [0.3, 0.4) is 0 Å². The third-order valence-corrected chi connectivity index (χ3v) is 5.93. The maximum absolute atomic E-state index is 11.3. The van der Waals surface area contributed by atoms with Crippen molar-refractivity contribution in [1.29, 1.82) is 0 Å². The molecule has 0 radical (unpaired) electrons. The minimum atomic E-state index is -3.03. The third-order valence-electron chi connectivity index (χ3n) is 3.17. The number of thiophene rings is 1. The van der Waals surface area contributed by atoms with Crippen molar-refractivity contribution in [1.82, 2.24) is 0 Å². The molecule has 0 aromatic carbocycles. The highest BCUT2D eigenvalue weighted by atomic mass is 32.3. The first kappa shape index (κ1) is 15.2. The number of nitrogens with zero attached hydrogens (tertiary/aromatic N) is 1. The van der Waals surface area contributed by atoms with E-state index in [2.05, 4.69) is 0 Å². The molecule has 3 rings (SSSR count). The molecule has 2 aromatic heterocycles. The molecular weight excluding hydrogens is 330 g/mol. The first-order valence-corrected chi connectivity index (χ1v) is 9.07. The number of hydrogen-bond donors (Lipinski definition) is 3. The lowest BCUT2D eigenvalue weighted by Gasteiger charge is -2.36. The predicted molar refractivity (Wildman–Crippen MR) is 84.7 cm³/mol. The fraction of sp³-hybridized carbons (Fsp3) is 0.308. The van der Waals surface area contributed by atoms with E-state index in [-0.39, 0.29) is 28.9 Å². The van der Waals surface area contributed by atoms with E-state index in [9.17, 15) is 19.0 Å². The summed E-state index contributed by atoms with van der Waals surface area (Å²) in [6.45, 7) is 1.54. The van der Waals surface area contributed by atoms with Crippen LogP contribution in [-0.2, 0) is 4.79 Å². The van der Waals surface area contributed by atoms with Crippen molar-refractivity contribution >= 4 is 34.0 Å². The minimum absolute atomic E-state index is 0.0337.